The zero-order valence-corrected chi connectivity index (χ0v) is 19.7. The third-order valence-corrected chi connectivity index (χ3v) is 6.00. The standard InChI is InChI=1S/C22H39NO7S/c1-3-5-7-9-11-13-16(25)19(31)22(21(29)30,23-20(28)17(26)15-24)18(27)14-12-10-8-6-4-2/h17,19,24,26,31H,3-15H2,1-2H3,(H,23,28)(H,29,30). The van der Waals surface area contributed by atoms with E-state index < -0.39 is 46.9 Å². The van der Waals surface area contributed by atoms with Gasteiger partial charge in [0.25, 0.3) is 5.91 Å². The molecular weight excluding hydrogens is 422 g/mol. The number of carboxylic acid groups (broad SMARTS) is 1. The van der Waals surface area contributed by atoms with Crippen molar-refractivity contribution in [3.8, 4) is 0 Å². The fraction of sp³-hybridized carbons (Fsp3) is 0.818. The second-order valence-corrected chi connectivity index (χ2v) is 8.44. The summed E-state index contributed by atoms with van der Waals surface area (Å²) in [6.07, 6.45) is 6.33. The summed E-state index contributed by atoms with van der Waals surface area (Å²) in [5.74, 6) is -4.34. The van der Waals surface area contributed by atoms with Crippen molar-refractivity contribution >= 4 is 36.1 Å². The summed E-state index contributed by atoms with van der Waals surface area (Å²) in [6, 6.07) is 0. The fourth-order valence-corrected chi connectivity index (χ4v) is 3.76. The third-order valence-electron chi connectivity index (χ3n) is 5.32. The number of ketones is 2. The molecule has 0 heterocycles. The average molecular weight is 462 g/mol. The summed E-state index contributed by atoms with van der Waals surface area (Å²) in [5, 5.41) is 28.9. The minimum atomic E-state index is -2.60. The Hall–Kier alpha value is -1.45. The molecule has 3 unspecified atom stereocenters. The molecule has 31 heavy (non-hydrogen) atoms. The second-order valence-electron chi connectivity index (χ2n) is 7.92. The summed E-state index contributed by atoms with van der Waals surface area (Å²) in [6.45, 7) is 3.16. The molecule has 0 fully saturated rings. The van der Waals surface area contributed by atoms with E-state index in [0.29, 0.717) is 19.3 Å². The van der Waals surface area contributed by atoms with Gasteiger partial charge in [-0.15, -0.1) is 0 Å². The van der Waals surface area contributed by atoms with Gasteiger partial charge in [0.2, 0.25) is 5.54 Å². The molecular formula is C22H39NO7S. The summed E-state index contributed by atoms with van der Waals surface area (Å²) in [5.41, 5.74) is -2.60. The number of amides is 1. The Bertz CT molecular complexity index is 584. The maximum Gasteiger partial charge on any atom is 0.338 e. The van der Waals surface area contributed by atoms with Gasteiger partial charge < -0.3 is 20.6 Å². The lowest BCUT2D eigenvalue weighted by molar-refractivity contribution is -0.156. The fourth-order valence-electron chi connectivity index (χ4n) is 3.31. The van der Waals surface area contributed by atoms with E-state index in [1.807, 2.05) is 12.2 Å². The number of carboxylic acids is 1. The zero-order valence-electron chi connectivity index (χ0n) is 18.8. The van der Waals surface area contributed by atoms with Crippen molar-refractivity contribution in [2.75, 3.05) is 6.61 Å². The third kappa shape index (κ3) is 9.70. The van der Waals surface area contributed by atoms with E-state index in [1.54, 1.807) is 0 Å². The van der Waals surface area contributed by atoms with Crippen LogP contribution in [0.15, 0.2) is 0 Å². The summed E-state index contributed by atoms with van der Waals surface area (Å²) < 4.78 is 0. The Kier molecular flexibility index (Phi) is 15.5. The molecule has 9 heteroatoms. The molecule has 0 aliphatic carbocycles. The molecule has 0 aromatic carbocycles. The Labute approximate surface area is 190 Å². The van der Waals surface area contributed by atoms with E-state index in [9.17, 15) is 29.4 Å². The van der Waals surface area contributed by atoms with Gasteiger partial charge in [-0.3, -0.25) is 14.4 Å². The molecule has 0 aromatic heterocycles. The molecule has 1 amide bonds. The van der Waals surface area contributed by atoms with Gasteiger partial charge in [-0.25, -0.2) is 4.79 Å². The van der Waals surface area contributed by atoms with Crippen LogP contribution in [0.2, 0.25) is 0 Å². The number of hydrogen-bond donors (Lipinski definition) is 5. The number of aliphatic hydroxyl groups excluding tert-OH is 2. The second kappa shape index (κ2) is 16.2. The average Bonchev–Trinajstić information content (AvgIpc) is 2.75. The number of nitrogens with one attached hydrogen (secondary N) is 1. The van der Waals surface area contributed by atoms with E-state index in [0.717, 1.165) is 44.9 Å². The van der Waals surface area contributed by atoms with Gasteiger partial charge in [-0.1, -0.05) is 65.2 Å². The lowest BCUT2D eigenvalue weighted by Gasteiger charge is -2.34. The zero-order chi connectivity index (χ0) is 23.9. The van der Waals surface area contributed by atoms with E-state index >= 15 is 0 Å². The minimum Gasteiger partial charge on any atom is -0.479 e. The van der Waals surface area contributed by atoms with Gasteiger partial charge in [-0.2, -0.15) is 12.6 Å². The maximum absolute atomic E-state index is 13.0. The lowest BCUT2D eigenvalue weighted by atomic mass is 9.83. The number of aliphatic hydroxyl groups is 2. The van der Waals surface area contributed by atoms with Crippen LogP contribution in [0.3, 0.4) is 0 Å². The molecule has 0 aromatic rings. The Morgan fingerprint density at radius 3 is 1.81 bits per heavy atom. The highest BCUT2D eigenvalue weighted by Gasteiger charge is 2.54. The van der Waals surface area contributed by atoms with Crippen LogP contribution in [0, 0.1) is 0 Å². The van der Waals surface area contributed by atoms with Gasteiger partial charge in [-0.05, 0) is 12.8 Å². The van der Waals surface area contributed by atoms with Crippen LogP contribution in [0.1, 0.15) is 90.9 Å². The topological polar surface area (TPSA) is 141 Å². The number of aliphatic carboxylic acids is 1. The first-order valence-electron chi connectivity index (χ1n) is 11.3. The molecule has 8 nitrogen and oxygen atoms in total. The van der Waals surface area contributed by atoms with Crippen LogP contribution in [0.4, 0.5) is 0 Å². The van der Waals surface area contributed by atoms with Crippen LogP contribution >= 0.6 is 12.6 Å². The summed E-state index contributed by atoms with van der Waals surface area (Å²) >= 11 is 4.17. The minimum absolute atomic E-state index is 0.0368. The number of thiol groups is 1. The molecule has 4 N–H and O–H groups in total. The molecule has 0 radical (unpaired) electrons. The van der Waals surface area contributed by atoms with Crippen molar-refractivity contribution in [2.24, 2.45) is 0 Å². The molecule has 3 atom stereocenters. The van der Waals surface area contributed by atoms with Crippen LogP contribution in [-0.4, -0.2) is 62.3 Å². The lowest BCUT2D eigenvalue weighted by Crippen LogP contribution is -2.68. The Morgan fingerprint density at radius 1 is 0.871 bits per heavy atom. The van der Waals surface area contributed by atoms with Crippen LogP contribution in [0.25, 0.3) is 0 Å². The molecule has 0 aliphatic heterocycles. The van der Waals surface area contributed by atoms with Crippen molar-refractivity contribution in [1.82, 2.24) is 5.32 Å². The highest BCUT2D eigenvalue weighted by Crippen LogP contribution is 2.25. The number of rotatable bonds is 19. The first kappa shape index (κ1) is 29.5. The largest absolute Gasteiger partial charge is 0.479 e. The van der Waals surface area contributed by atoms with E-state index in [4.69, 9.17) is 5.11 Å². The van der Waals surface area contributed by atoms with Crippen molar-refractivity contribution in [2.45, 2.75) is 108 Å². The number of carbonyl (C=O) groups excluding carboxylic acids is 3. The Balaban J connectivity index is 5.54. The highest BCUT2D eigenvalue weighted by molar-refractivity contribution is 7.82. The first-order valence-corrected chi connectivity index (χ1v) is 11.8. The number of Topliss-reactive ketones (excluding diaryl/α,β-unsaturated/α-hetero) is 2. The van der Waals surface area contributed by atoms with Crippen LogP contribution < -0.4 is 5.32 Å². The number of hydrogen-bond acceptors (Lipinski definition) is 7. The van der Waals surface area contributed by atoms with E-state index in [2.05, 4.69) is 19.6 Å². The first-order chi connectivity index (χ1) is 14.7. The van der Waals surface area contributed by atoms with E-state index in [-0.39, 0.29) is 12.8 Å². The molecule has 0 saturated heterocycles. The van der Waals surface area contributed by atoms with Crippen molar-refractivity contribution in [3.63, 3.8) is 0 Å². The smallest absolute Gasteiger partial charge is 0.338 e. The van der Waals surface area contributed by atoms with Crippen LogP contribution in [0.5, 0.6) is 0 Å². The molecule has 0 aliphatic rings. The van der Waals surface area contributed by atoms with Crippen LogP contribution in [-0.2, 0) is 19.2 Å². The van der Waals surface area contributed by atoms with Gasteiger partial charge in [0.15, 0.2) is 11.9 Å². The number of carbonyl (C=O) groups is 4. The highest BCUT2D eigenvalue weighted by atomic mass is 32.1. The monoisotopic (exact) mass is 461 g/mol. The summed E-state index contributed by atoms with van der Waals surface area (Å²) in [4.78, 5) is 50.1. The van der Waals surface area contributed by atoms with Gasteiger partial charge in [0.05, 0.1) is 6.61 Å². The molecule has 0 rings (SSSR count). The van der Waals surface area contributed by atoms with E-state index in [1.165, 1.54) is 0 Å². The van der Waals surface area contributed by atoms with Gasteiger partial charge >= 0.3 is 5.97 Å². The van der Waals surface area contributed by atoms with Crippen molar-refractivity contribution in [3.05, 3.63) is 0 Å². The normalized spacial score (nSPS) is 15.0. The van der Waals surface area contributed by atoms with Gasteiger partial charge in [0.1, 0.15) is 11.0 Å². The quantitative estimate of drug-likeness (QED) is 0.113. The molecule has 0 spiro atoms. The SMILES string of the molecule is CCCCCCCC(=O)C(S)C(NC(=O)C(O)CO)(C(=O)O)C(=O)CCCCCCC. The molecule has 180 valence electrons. The Morgan fingerprint density at radius 2 is 1.35 bits per heavy atom. The molecule has 0 saturated carbocycles. The predicted octanol–water partition coefficient (Wildman–Crippen LogP) is 2.44. The predicted molar refractivity (Wildman–Crippen MR) is 121 cm³/mol. The van der Waals surface area contributed by atoms with Gasteiger partial charge in [0, 0.05) is 12.8 Å². The number of unbranched alkanes of at least 4 members (excludes halogenated alkanes) is 8. The molecule has 0 bridgehead atoms. The maximum atomic E-state index is 13.0. The summed E-state index contributed by atoms with van der Waals surface area (Å²) in [7, 11) is 0. The van der Waals surface area contributed by atoms with Crippen molar-refractivity contribution < 1.29 is 34.5 Å². The van der Waals surface area contributed by atoms with Crippen molar-refractivity contribution in [1.29, 1.82) is 0 Å².